The van der Waals surface area contributed by atoms with Crippen molar-refractivity contribution in [3.05, 3.63) is 89.2 Å². The van der Waals surface area contributed by atoms with E-state index in [0.717, 1.165) is 42.6 Å². The smallest absolute Gasteiger partial charge is 0.240 e. The van der Waals surface area contributed by atoms with Crippen LogP contribution in [0, 0.1) is 11.3 Å². The lowest BCUT2D eigenvalue weighted by Gasteiger charge is -2.48. The molecule has 3 atom stereocenters. The van der Waals surface area contributed by atoms with Crippen molar-refractivity contribution in [3.63, 3.8) is 0 Å². The quantitative estimate of drug-likeness (QED) is 0.381. The molecule has 1 amide bonds. The molecule has 0 saturated heterocycles. The van der Waals surface area contributed by atoms with Gasteiger partial charge in [-0.2, -0.15) is 5.26 Å². The Bertz CT molecular complexity index is 1290. The summed E-state index contributed by atoms with van der Waals surface area (Å²) in [6.07, 6.45) is 6.52. The molecule has 1 spiro atoms. The minimum absolute atomic E-state index is 0.0248. The van der Waals surface area contributed by atoms with Crippen molar-refractivity contribution in [1.82, 2.24) is 15.2 Å². The molecule has 38 heavy (non-hydrogen) atoms. The third kappa shape index (κ3) is 5.77. The van der Waals surface area contributed by atoms with Gasteiger partial charge in [-0.25, -0.2) is 0 Å². The lowest BCUT2D eigenvalue weighted by Crippen LogP contribution is -2.52. The summed E-state index contributed by atoms with van der Waals surface area (Å²) in [6, 6.07) is 21.4. The molecule has 0 unspecified atom stereocenters. The van der Waals surface area contributed by atoms with Crippen molar-refractivity contribution < 1.29 is 14.6 Å². The van der Waals surface area contributed by atoms with Crippen LogP contribution in [0.15, 0.2) is 66.9 Å². The first kappa shape index (κ1) is 26.0. The molecule has 1 aliphatic carbocycles. The molecule has 1 aliphatic heterocycles. The van der Waals surface area contributed by atoms with Gasteiger partial charge in [-0.1, -0.05) is 49.4 Å². The van der Waals surface area contributed by atoms with Crippen LogP contribution in [-0.2, 0) is 24.2 Å². The molecule has 5 rings (SSSR count). The second-order valence-corrected chi connectivity index (χ2v) is 10.6. The first-order chi connectivity index (χ1) is 18.5. The fourth-order valence-corrected chi connectivity index (χ4v) is 5.62. The van der Waals surface area contributed by atoms with Crippen LogP contribution in [0.1, 0.15) is 61.0 Å². The zero-order chi connectivity index (χ0) is 26.5. The minimum Gasteiger partial charge on any atom is -0.487 e. The fraction of sp³-hybridized carbons (Fsp3) is 0.419. The summed E-state index contributed by atoms with van der Waals surface area (Å²) >= 11 is 0. The maximum Gasteiger partial charge on any atom is 0.240 e. The van der Waals surface area contributed by atoms with Crippen molar-refractivity contribution in [2.45, 2.75) is 75.8 Å². The number of amides is 1. The van der Waals surface area contributed by atoms with Gasteiger partial charge in [0.05, 0.1) is 12.1 Å². The molecule has 2 aliphatic rings. The normalized spacial score (nSPS) is 18.9. The summed E-state index contributed by atoms with van der Waals surface area (Å²) in [5, 5.41) is 27.3. The predicted octanol–water partition coefficient (Wildman–Crippen LogP) is 4.05. The van der Waals surface area contributed by atoms with E-state index in [1.54, 1.807) is 22.9 Å². The molecule has 1 aromatic heterocycles. The maximum atomic E-state index is 13.0. The van der Waals surface area contributed by atoms with E-state index in [2.05, 4.69) is 41.8 Å². The Hall–Kier alpha value is -3.60. The number of hydrogen-bond acceptors (Lipinski definition) is 5. The van der Waals surface area contributed by atoms with Gasteiger partial charge in [0.1, 0.15) is 29.7 Å². The van der Waals surface area contributed by atoms with E-state index >= 15 is 0 Å². The van der Waals surface area contributed by atoms with Crippen LogP contribution in [0.25, 0.3) is 0 Å². The van der Waals surface area contributed by atoms with Gasteiger partial charge in [-0.3, -0.25) is 4.79 Å². The first-order valence-electron chi connectivity index (χ1n) is 13.6. The summed E-state index contributed by atoms with van der Waals surface area (Å²) in [5.41, 5.74) is 3.76. The van der Waals surface area contributed by atoms with Crippen LogP contribution in [-0.4, -0.2) is 39.9 Å². The van der Waals surface area contributed by atoms with E-state index in [1.807, 2.05) is 30.3 Å². The van der Waals surface area contributed by atoms with Crippen LogP contribution in [0.2, 0.25) is 0 Å². The summed E-state index contributed by atoms with van der Waals surface area (Å²) in [7, 11) is 0. The monoisotopic (exact) mass is 512 g/mol. The fourth-order valence-electron chi connectivity index (χ4n) is 5.62. The van der Waals surface area contributed by atoms with E-state index < -0.39 is 12.1 Å². The Morgan fingerprint density at radius 1 is 1.18 bits per heavy atom. The first-order valence-corrected chi connectivity index (χ1v) is 13.6. The van der Waals surface area contributed by atoms with Gasteiger partial charge in [0, 0.05) is 30.8 Å². The minimum atomic E-state index is -0.808. The highest BCUT2D eigenvalue weighted by Gasteiger charge is 2.45. The Morgan fingerprint density at radius 2 is 2.00 bits per heavy atom. The topological polar surface area (TPSA) is 99.3 Å². The number of carbonyl (C=O) groups is 1. The molecule has 1 saturated carbocycles. The van der Waals surface area contributed by atoms with Crippen molar-refractivity contribution in [3.8, 4) is 11.8 Å². The predicted molar refractivity (Wildman–Crippen MR) is 146 cm³/mol. The van der Waals surface area contributed by atoms with Crippen molar-refractivity contribution >= 4 is 5.91 Å². The molecular formula is C31H36N4O3. The number of fused-ring (bicyclic) bond motifs is 1. The lowest BCUT2D eigenvalue weighted by atomic mass is 9.72. The molecule has 1 fully saturated rings. The number of aliphatic hydroxyl groups excluding tert-OH is 1. The van der Waals surface area contributed by atoms with Gasteiger partial charge >= 0.3 is 0 Å². The summed E-state index contributed by atoms with van der Waals surface area (Å²) in [5.74, 6) is 0.699. The third-order valence-electron chi connectivity index (χ3n) is 7.97. The van der Waals surface area contributed by atoms with Crippen LogP contribution >= 0.6 is 0 Å². The van der Waals surface area contributed by atoms with E-state index in [9.17, 15) is 15.2 Å². The number of benzene rings is 2. The number of rotatable bonds is 10. The van der Waals surface area contributed by atoms with Gasteiger partial charge in [0.2, 0.25) is 5.91 Å². The zero-order valence-electron chi connectivity index (χ0n) is 21.9. The van der Waals surface area contributed by atoms with Gasteiger partial charge in [0.15, 0.2) is 0 Å². The van der Waals surface area contributed by atoms with Gasteiger partial charge in [-0.05, 0) is 61.4 Å². The number of aliphatic hydroxyl groups is 1. The molecule has 2 heterocycles. The highest BCUT2D eigenvalue weighted by atomic mass is 16.5. The molecule has 3 N–H and O–H groups in total. The van der Waals surface area contributed by atoms with Crippen molar-refractivity contribution in [2.24, 2.45) is 0 Å². The molecule has 0 bridgehead atoms. The number of carbonyl (C=O) groups excluding carboxylic acids is 1. The summed E-state index contributed by atoms with van der Waals surface area (Å²) in [4.78, 5) is 13.0. The highest BCUT2D eigenvalue weighted by Crippen LogP contribution is 2.49. The second kappa shape index (κ2) is 11.4. The van der Waals surface area contributed by atoms with E-state index in [1.165, 1.54) is 12.0 Å². The lowest BCUT2D eigenvalue weighted by molar-refractivity contribution is -0.123. The number of ether oxygens (including phenoxy) is 1. The van der Waals surface area contributed by atoms with E-state index in [-0.39, 0.29) is 24.1 Å². The van der Waals surface area contributed by atoms with E-state index in [0.29, 0.717) is 18.7 Å². The Labute approximate surface area is 224 Å². The van der Waals surface area contributed by atoms with Crippen LogP contribution in [0.5, 0.6) is 5.75 Å². The molecule has 0 radical (unpaired) electrons. The highest BCUT2D eigenvalue weighted by molar-refractivity contribution is 5.76. The SMILES string of the molecule is CCc1ccc2c(c1)[C@@H](NC[C@@H](O)[C@H](Cc1ccccc1)NC(=O)Cn1cccc1C#N)CC1(CCC1)O2. The standard InChI is InChI=1S/C31H36N4O3/c1-2-22-11-12-29-25(16-22)27(18-31(38-29)13-7-14-31)33-20-28(36)26(17-23-8-4-3-5-9-23)34-30(37)21-35-15-6-10-24(35)19-32/h3-6,8-12,15-16,26-28,33,36H,2,7,13-14,17-18,20-21H2,1H3,(H,34,37)/t26-,27-,28+/m0/s1. The number of nitrogens with zero attached hydrogens (tertiary/aromatic N) is 2. The third-order valence-corrected chi connectivity index (χ3v) is 7.97. The second-order valence-electron chi connectivity index (χ2n) is 10.6. The number of nitrogens with one attached hydrogen (secondary N) is 2. The van der Waals surface area contributed by atoms with Crippen molar-refractivity contribution in [2.75, 3.05) is 6.54 Å². The Kier molecular flexibility index (Phi) is 7.82. The van der Waals surface area contributed by atoms with Gasteiger partial charge in [0.25, 0.3) is 0 Å². The number of aryl methyl sites for hydroxylation is 1. The molecule has 7 heteroatoms. The molecule has 3 aromatic rings. The average Bonchev–Trinajstić information content (AvgIpc) is 3.37. The summed E-state index contributed by atoms with van der Waals surface area (Å²) < 4.78 is 8.07. The number of hydrogen-bond donors (Lipinski definition) is 3. The van der Waals surface area contributed by atoms with Gasteiger partial charge in [-0.15, -0.1) is 0 Å². The Morgan fingerprint density at radius 3 is 2.71 bits per heavy atom. The number of nitriles is 1. The molecule has 198 valence electrons. The molecular weight excluding hydrogens is 476 g/mol. The van der Waals surface area contributed by atoms with Crippen LogP contribution in [0.4, 0.5) is 0 Å². The number of aromatic nitrogens is 1. The Balaban J connectivity index is 1.30. The maximum absolute atomic E-state index is 13.0. The molecule has 7 nitrogen and oxygen atoms in total. The van der Waals surface area contributed by atoms with Crippen LogP contribution < -0.4 is 15.4 Å². The summed E-state index contributed by atoms with van der Waals surface area (Å²) in [6.45, 7) is 2.51. The zero-order valence-corrected chi connectivity index (χ0v) is 21.9. The average molecular weight is 513 g/mol. The van der Waals surface area contributed by atoms with Gasteiger partial charge < -0.3 is 25.0 Å². The molecule has 2 aromatic carbocycles. The van der Waals surface area contributed by atoms with Crippen molar-refractivity contribution in [1.29, 1.82) is 5.26 Å². The van der Waals surface area contributed by atoms with E-state index in [4.69, 9.17) is 4.74 Å². The largest absolute Gasteiger partial charge is 0.487 e. The van der Waals surface area contributed by atoms with Crippen LogP contribution in [0.3, 0.4) is 0 Å².